The van der Waals surface area contributed by atoms with Gasteiger partial charge in [0.25, 0.3) is 23.6 Å². The van der Waals surface area contributed by atoms with Crippen LogP contribution >= 0.6 is 0 Å². The summed E-state index contributed by atoms with van der Waals surface area (Å²) < 4.78 is 17.1. The zero-order valence-electron chi connectivity index (χ0n) is 44.8. The van der Waals surface area contributed by atoms with Gasteiger partial charge in [-0.15, -0.1) is 0 Å². The van der Waals surface area contributed by atoms with Gasteiger partial charge in [0, 0.05) is 91.9 Å². The Labute approximate surface area is 461 Å². The van der Waals surface area contributed by atoms with Crippen molar-refractivity contribution in [3.8, 4) is 11.3 Å². The summed E-state index contributed by atoms with van der Waals surface area (Å²) in [6, 6.07) is 26.0. The molecule has 410 valence electrons. The number of carbonyl (C=O) groups excluding carboxylic acids is 7. The lowest BCUT2D eigenvalue weighted by Crippen LogP contribution is -2.58. The molecule has 1 spiro atoms. The molecule has 5 fully saturated rings. The summed E-state index contributed by atoms with van der Waals surface area (Å²) in [6.45, 7) is 8.80. The summed E-state index contributed by atoms with van der Waals surface area (Å²) in [7, 11) is 0. The fraction of sp³-hybridized carbons (Fsp3) is 0.393. The van der Waals surface area contributed by atoms with Gasteiger partial charge in [-0.2, -0.15) is 0 Å². The van der Waals surface area contributed by atoms with E-state index in [1.54, 1.807) is 71.9 Å². The van der Waals surface area contributed by atoms with E-state index in [0.717, 1.165) is 53.2 Å². The van der Waals surface area contributed by atoms with E-state index in [4.69, 9.17) is 9.97 Å². The predicted molar refractivity (Wildman–Crippen MR) is 297 cm³/mol. The summed E-state index contributed by atoms with van der Waals surface area (Å²) in [5, 5.41) is 5.49. The lowest BCUT2D eigenvalue weighted by molar-refractivity contribution is -0.136. The number of nitrogens with zero attached hydrogens (tertiary/aromatic N) is 9. The molecule has 0 radical (unpaired) electrons. The fourth-order valence-electron chi connectivity index (χ4n) is 13.4. The van der Waals surface area contributed by atoms with Crippen LogP contribution in [0.25, 0.3) is 22.3 Å². The zero-order chi connectivity index (χ0) is 55.1. The minimum absolute atomic E-state index is 0.0365. The number of halogens is 1. The second-order valence-corrected chi connectivity index (χ2v) is 22.8. The van der Waals surface area contributed by atoms with E-state index in [1.807, 2.05) is 26.5 Å². The van der Waals surface area contributed by atoms with E-state index in [1.165, 1.54) is 25.3 Å². The fourth-order valence-corrected chi connectivity index (χ4v) is 13.4. The normalized spacial score (nSPS) is 22.1. The standard InChI is InChI=1S/C61H62FN11O7/c1-36(2)71-35-63-49-34-48(65-54(53(49)71)64-47-9-5-4-8-46(47)62)39-14-17-45-51(30-39)72(42-31-41(32-42)67-22-6-3-7-23-67)60(80)61(45)20-24-69(25-21-61)56(76)37-10-12-38(13-11-37)57(77)70-28-26-68(27-29-70)40-15-16-43-44(33-40)59(79)73(58(43)78)50-18-19-52(74)66-55(50)75/h4-5,8-17,30,33-36,41-42,50H,3,6-7,18-29,31-32H2,1-2H3,(H,64,65)(H,66,74,75). The van der Waals surface area contributed by atoms with Crippen LogP contribution < -0.4 is 20.4 Å². The largest absolute Gasteiger partial charge is 0.368 e. The number of imide groups is 2. The number of pyridine rings is 1. The molecule has 2 N–H and O–H groups in total. The van der Waals surface area contributed by atoms with Gasteiger partial charge < -0.3 is 34.4 Å². The molecule has 7 aliphatic rings. The summed E-state index contributed by atoms with van der Waals surface area (Å²) in [6.07, 6.45) is 8.27. The van der Waals surface area contributed by atoms with Crippen LogP contribution in [0.1, 0.15) is 125 Å². The van der Waals surface area contributed by atoms with Crippen molar-refractivity contribution >= 4 is 75.3 Å². The number of anilines is 4. The number of nitrogens with one attached hydrogen (secondary N) is 2. The van der Waals surface area contributed by atoms with Gasteiger partial charge in [0.1, 0.15) is 17.4 Å². The molecule has 1 aliphatic carbocycles. The average Bonchev–Trinajstić information content (AvgIpc) is 4.04. The molecule has 18 nitrogen and oxygen atoms in total. The molecule has 7 amide bonds. The van der Waals surface area contributed by atoms with Crippen molar-refractivity contribution in [3.63, 3.8) is 0 Å². The molecule has 8 heterocycles. The van der Waals surface area contributed by atoms with Crippen molar-refractivity contribution in [2.24, 2.45) is 0 Å². The van der Waals surface area contributed by atoms with Crippen molar-refractivity contribution < 1.29 is 38.0 Å². The third kappa shape index (κ3) is 8.67. The number of amides is 7. The maximum absolute atomic E-state index is 15.3. The molecule has 2 aromatic heterocycles. The number of hydrogen-bond donors (Lipinski definition) is 2. The predicted octanol–water partition coefficient (Wildman–Crippen LogP) is 7.46. The average molecular weight is 1080 g/mol. The number of likely N-dealkylation sites (tertiary alicyclic amines) is 2. The molecule has 13 rings (SSSR count). The van der Waals surface area contributed by atoms with Gasteiger partial charge in [-0.1, -0.05) is 30.7 Å². The first kappa shape index (κ1) is 51.1. The molecule has 6 aromatic rings. The van der Waals surface area contributed by atoms with Gasteiger partial charge >= 0.3 is 0 Å². The van der Waals surface area contributed by atoms with E-state index in [2.05, 4.69) is 46.4 Å². The highest BCUT2D eigenvalue weighted by Crippen LogP contribution is 2.52. The number of benzene rings is 4. The van der Waals surface area contributed by atoms with Crippen LogP contribution in [0.4, 0.5) is 27.3 Å². The Balaban J connectivity index is 0.693. The Morgan fingerprint density at radius 1 is 0.725 bits per heavy atom. The van der Waals surface area contributed by atoms with Crippen molar-refractivity contribution in [2.75, 3.05) is 67.5 Å². The van der Waals surface area contributed by atoms with Crippen LogP contribution in [0.2, 0.25) is 0 Å². The number of piperazine rings is 1. The monoisotopic (exact) mass is 1080 g/mol. The molecule has 1 atom stereocenters. The minimum Gasteiger partial charge on any atom is -0.368 e. The maximum atomic E-state index is 15.3. The Morgan fingerprint density at radius 3 is 2.10 bits per heavy atom. The number of fused-ring (bicyclic) bond motifs is 4. The Hall–Kier alpha value is -8.32. The number of hydrogen-bond acceptors (Lipinski definition) is 12. The van der Waals surface area contributed by atoms with Crippen molar-refractivity contribution in [3.05, 3.63) is 131 Å². The summed E-state index contributed by atoms with van der Waals surface area (Å²) in [5.74, 6) is -2.40. The third-order valence-electron chi connectivity index (χ3n) is 17.9. The number of para-hydroxylation sites is 1. The molecule has 80 heavy (non-hydrogen) atoms. The van der Waals surface area contributed by atoms with Crippen molar-refractivity contribution in [2.45, 2.75) is 101 Å². The number of carbonyl (C=O) groups is 7. The van der Waals surface area contributed by atoms with Crippen LogP contribution in [0.5, 0.6) is 0 Å². The molecule has 4 aromatic carbocycles. The van der Waals surface area contributed by atoms with Crippen LogP contribution in [0, 0.1) is 5.82 Å². The van der Waals surface area contributed by atoms with Gasteiger partial charge in [-0.25, -0.2) is 14.4 Å². The molecule has 6 aliphatic heterocycles. The first-order valence-electron chi connectivity index (χ1n) is 28.2. The van der Waals surface area contributed by atoms with Crippen LogP contribution in [0.15, 0.2) is 97.3 Å². The highest BCUT2D eigenvalue weighted by atomic mass is 19.1. The van der Waals surface area contributed by atoms with Crippen LogP contribution in [0.3, 0.4) is 0 Å². The third-order valence-corrected chi connectivity index (χ3v) is 17.9. The zero-order valence-corrected chi connectivity index (χ0v) is 44.8. The molecule has 19 heteroatoms. The Morgan fingerprint density at radius 2 is 1.41 bits per heavy atom. The van der Waals surface area contributed by atoms with Gasteiger partial charge in [-0.3, -0.25) is 43.8 Å². The molecule has 1 saturated carbocycles. The van der Waals surface area contributed by atoms with E-state index < -0.39 is 40.9 Å². The number of rotatable bonds is 10. The highest BCUT2D eigenvalue weighted by Gasteiger charge is 2.56. The SMILES string of the molecule is CC(C)n1cnc2cc(-c3ccc4c(c3)N(C3CC(N5CCCCC5)C3)C(=O)C43CCN(C(=O)c4ccc(C(=O)N5CCN(c6ccc7c(c6)C(=O)N(C6CCC(=O)NC6=O)C7=O)CC5)cc4)CC3)nc(Nc3ccccc3F)c21. The molecular formula is C61H62FN11O7. The summed E-state index contributed by atoms with van der Waals surface area (Å²) in [4.78, 5) is 116. The summed E-state index contributed by atoms with van der Waals surface area (Å²) in [5.41, 5.74) is 6.30. The number of imidazole rings is 1. The number of aromatic nitrogens is 3. The number of piperidine rings is 3. The molecule has 4 saturated heterocycles. The molecule has 1 unspecified atom stereocenters. The van der Waals surface area contributed by atoms with E-state index in [-0.39, 0.29) is 53.8 Å². The van der Waals surface area contributed by atoms with E-state index in [9.17, 15) is 28.8 Å². The second-order valence-electron chi connectivity index (χ2n) is 22.8. The van der Waals surface area contributed by atoms with Gasteiger partial charge in [0.05, 0.1) is 39.8 Å². The molecular weight excluding hydrogens is 1020 g/mol. The quantitative estimate of drug-likeness (QED) is 0.129. The first-order chi connectivity index (χ1) is 38.7. The van der Waals surface area contributed by atoms with Crippen LogP contribution in [-0.2, 0) is 19.8 Å². The Bertz CT molecular complexity index is 3550. The van der Waals surface area contributed by atoms with Gasteiger partial charge in [0.2, 0.25) is 17.7 Å². The van der Waals surface area contributed by atoms with Gasteiger partial charge in [0.15, 0.2) is 5.82 Å². The van der Waals surface area contributed by atoms with Crippen molar-refractivity contribution in [1.82, 2.24) is 39.5 Å². The lowest BCUT2D eigenvalue weighted by Gasteiger charge is -2.48. The smallest absolute Gasteiger partial charge is 0.262 e. The maximum Gasteiger partial charge on any atom is 0.262 e. The van der Waals surface area contributed by atoms with Crippen molar-refractivity contribution in [1.29, 1.82) is 0 Å². The van der Waals surface area contributed by atoms with Gasteiger partial charge in [-0.05, 0) is 144 Å². The topological polar surface area (TPSA) is 194 Å². The Kier molecular flexibility index (Phi) is 12.8. The lowest BCUT2D eigenvalue weighted by atomic mass is 9.73. The van der Waals surface area contributed by atoms with E-state index >= 15 is 9.18 Å². The minimum atomic E-state index is -1.05. The second kappa shape index (κ2) is 20.1. The molecule has 0 bridgehead atoms. The van der Waals surface area contributed by atoms with E-state index in [0.29, 0.717) is 97.7 Å². The highest BCUT2D eigenvalue weighted by molar-refractivity contribution is 6.24. The first-order valence-corrected chi connectivity index (χ1v) is 28.2. The van der Waals surface area contributed by atoms with Crippen LogP contribution in [-0.4, -0.2) is 146 Å². The summed E-state index contributed by atoms with van der Waals surface area (Å²) >= 11 is 0.